The van der Waals surface area contributed by atoms with E-state index in [1.165, 1.54) is 51.4 Å². The van der Waals surface area contributed by atoms with Crippen molar-refractivity contribution in [3.8, 4) is 143 Å². The molecule has 1 aliphatic heterocycles. The number of hydrogen-bond donors (Lipinski definition) is 7. The number of nitrogens with one attached hydrogen (secondary N) is 1. The number of unbranched alkanes of at least 4 members (excludes halogenated alkanes) is 14. The lowest BCUT2D eigenvalue weighted by Crippen LogP contribution is -2.60. The van der Waals surface area contributed by atoms with Crippen LogP contribution in [-0.4, -0.2) is 107 Å². The molecule has 352 valence electrons. The highest BCUT2D eigenvalue weighted by molar-refractivity contribution is 5.79. The van der Waals surface area contributed by atoms with Crippen molar-refractivity contribution in [3.05, 3.63) is 0 Å². The van der Waals surface area contributed by atoms with Crippen molar-refractivity contribution in [3.63, 3.8) is 0 Å². The number of nitrogens with two attached hydrogens (primary N) is 1. The quantitative estimate of drug-likeness (QED) is 0.0456. The van der Waals surface area contributed by atoms with Crippen molar-refractivity contribution in [2.24, 2.45) is 5.73 Å². The normalized spacial score (nSPS) is 17.3. The first-order valence-corrected chi connectivity index (χ1v) is 22.9. The summed E-state index contributed by atoms with van der Waals surface area (Å²) in [5.74, 6) is 56.2. The number of aliphatic hydroxyl groups excluding tert-OH is 5. The summed E-state index contributed by atoms with van der Waals surface area (Å²) in [6, 6.07) is -1.15. The molecule has 1 saturated heterocycles. The monoisotopic (exact) mass is 908 g/mol. The van der Waals surface area contributed by atoms with Gasteiger partial charge in [-0.1, -0.05) is 103 Å². The first-order chi connectivity index (χ1) is 32.8. The Hall–Kier alpha value is -6.17. The van der Waals surface area contributed by atoms with Crippen molar-refractivity contribution in [2.45, 2.75) is 171 Å². The van der Waals surface area contributed by atoms with Crippen LogP contribution in [0.15, 0.2) is 0 Å². The van der Waals surface area contributed by atoms with E-state index in [0.29, 0.717) is 19.6 Å². The summed E-state index contributed by atoms with van der Waals surface area (Å²) >= 11 is 0. The standard InChI is InChI=1S/C56H64N2O9/c1-3-5-7-9-11-13-15-17-18-19-20-21-22-23-24-25-26-27-29-31-33-35-39-43-51(60)58-48(52(61)49(59)42-38-34-32-30-28-16-14-12-10-8-6-4-2)46-66-56-55(64)54(63)53(62)50(67-56)47-65-45-41-37-36-40-44-57/h1,48-50,52-56,59,61-64H,4,6,8,10,12,14,16,28,30,32,34,36-38,40-47,57H2,2H3,(H,58,60)/t48-,49+,50?,52-,53-,54-,55?,56-/m0/s1. The fourth-order valence-corrected chi connectivity index (χ4v) is 6.21. The molecule has 1 amide bonds. The topological polar surface area (TPSA) is 184 Å². The third-order valence-electron chi connectivity index (χ3n) is 9.80. The summed E-state index contributed by atoms with van der Waals surface area (Å²) in [5.41, 5.74) is 5.54. The molecule has 0 radical (unpaired) electrons. The van der Waals surface area contributed by atoms with Gasteiger partial charge in [0.25, 0.3) is 0 Å². The largest absolute Gasteiger partial charge is 0.390 e. The predicted octanol–water partition coefficient (Wildman–Crippen LogP) is 2.70. The Morgan fingerprint density at radius 1 is 0.612 bits per heavy atom. The zero-order chi connectivity index (χ0) is 48.8. The second-order valence-electron chi connectivity index (χ2n) is 15.2. The van der Waals surface area contributed by atoms with E-state index in [1.807, 2.05) is 0 Å². The van der Waals surface area contributed by atoms with Crippen LogP contribution in [0.5, 0.6) is 0 Å². The predicted molar refractivity (Wildman–Crippen MR) is 260 cm³/mol. The van der Waals surface area contributed by atoms with E-state index < -0.39 is 61.5 Å². The molecule has 0 aliphatic carbocycles. The third kappa shape index (κ3) is 32.2. The van der Waals surface area contributed by atoms with E-state index in [0.717, 1.165) is 44.9 Å². The second kappa shape index (κ2) is 42.5. The highest BCUT2D eigenvalue weighted by Gasteiger charge is 2.45. The maximum Gasteiger partial charge on any atom is 0.232 e. The molecule has 0 aromatic rings. The van der Waals surface area contributed by atoms with E-state index in [9.17, 15) is 30.3 Å². The van der Waals surface area contributed by atoms with E-state index in [2.05, 4.69) is 148 Å². The first kappa shape index (κ1) is 58.8. The van der Waals surface area contributed by atoms with Crippen LogP contribution in [0.3, 0.4) is 0 Å². The SMILES string of the molecule is C#CC#CC#CC#CC#CC#CC#CC#CC#CC#CC#CC#CCC(=O)N[C@@H](CO[C@H]1OC(COCCCCCCN)[C@H](O)[C@H](O)C1O)[C@H](O)[C@H](O)CCCCCCCCCCCCCC. The Balaban J connectivity index is 2.81. The molecule has 1 fully saturated rings. The van der Waals surface area contributed by atoms with Crippen molar-refractivity contribution in [2.75, 3.05) is 26.4 Å². The van der Waals surface area contributed by atoms with Crippen LogP contribution < -0.4 is 11.1 Å². The summed E-state index contributed by atoms with van der Waals surface area (Å²) in [6.45, 7) is 2.77. The van der Waals surface area contributed by atoms with Gasteiger partial charge in [-0.25, -0.2) is 0 Å². The number of hydrogen-bond acceptors (Lipinski definition) is 10. The number of carbonyl (C=O) groups excluding carboxylic acids is 1. The van der Waals surface area contributed by atoms with Crippen LogP contribution in [0.1, 0.15) is 122 Å². The van der Waals surface area contributed by atoms with Gasteiger partial charge in [0.2, 0.25) is 5.91 Å². The van der Waals surface area contributed by atoms with Crippen molar-refractivity contribution < 1.29 is 44.5 Å². The fraction of sp³-hybridized carbons (Fsp3) is 0.554. The van der Waals surface area contributed by atoms with Gasteiger partial charge in [-0.05, 0) is 121 Å². The van der Waals surface area contributed by atoms with Crippen LogP contribution in [0.4, 0.5) is 0 Å². The summed E-state index contributed by atoms with van der Waals surface area (Å²) in [7, 11) is 0. The van der Waals surface area contributed by atoms with Crippen LogP contribution in [0.2, 0.25) is 0 Å². The van der Waals surface area contributed by atoms with Crippen LogP contribution >= 0.6 is 0 Å². The van der Waals surface area contributed by atoms with E-state index in [4.69, 9.17) is 26.4 Å². The van der Waals surface area contributed by atoms with Gasteiger partial charge in [0, 0.05) is 42.1 Å². The molecular formula is C56H64N2O9. The van der Waals surface area contributed by atoms with Crippen molar-refractivity contribution in [1.82, 2.24) is 5.32 Å². The van der Waals surface area contributed by atoms with Gasteiger partial charge in [-0.3, -0.25) is 4.79 Å². The minimum absolute atomic E-state index is 0.0653. The molecule has 0 aromatic carbocycles. The highest BCUT2D eigenvalue weighted by atomic mass is 16.7. The molecule has 8 N–H and O–H groups in total. The Morgan fingerprint density at radius 3 is 1.55 bits per heavy atom. The van der Waals surface area contributed by atoms with Crippen molar-refractivity contribution in [1.29, 1.82) is 0 Å². The molecule has 0 bridgehead atoms. The van der Waals surface area contributed by atoms with Gasteiger partial charge in [-0.15, -0.1) is 6.42 Å². The summed E-state index contributed by atoms with van der Waals surface area (Å²) in [4.78, 5) is 13.0. The molecule has 1 aliphatic rings. The maximum absolute atomic E-state index is 13.0. The van der Waals surface area contributed by atoms with Gasteiger partial charge in [0.15, 0.2) is 6.29 Å². The van der Waals surface area contributed by atoms with Gasteiger partial charge in [0.05, 0.1) is 31.8 Å². The first-order valence-electron chi connectivity index (χ1n) is 22.9. The molecule has 1 heterocycles. The van der Waals surface area contributed by atoms with E-state index in [1.54, 1.807) is 0 Å². The summed E-state index contributed by atoms with van der Waals surface area (Å²) < 4.78 is 17.3. The Labute approximate surface area is 400 Å². The number of rotatable bonds is 28. The molecule has 0 saturated carbocycles. The molecule has 11 heteroatoms. The Bertz CT molecular complexity index is 2240. The average molecular weight is 909 g/mol. The van der Waals surface area contributed by atoms with Gasteiger partial charge >= 0.3 is 0 Å². The molecule has 2 unspecified atom stereocenters. The highest BCUT2D eigenvalue weighted by Crippen LogP contribution is 2.23. The minimum atomic E-state index is -1.65. The zero-order valence-corrected chi connectivity index (χ0v) is 38.7. The smallest absolute Gasteiger partial charge is 0.232 e. The van der Waals surface area contributed by atoms with Gasteiger partial charge < -0.3 is 50.8 Å². The molecule has 67 heavy (non-hydrogen) atoms. The summed E-state index contributed by atoms with van der Waals surface area (Å²) in [5, 5.41) is 56.7. The lowest BCUT2D eigenvalue weighted by molar-refractivity contribution is -0.304. The number of amides is 1. The average Bonchev–Trinajstić information content (AvgIpc) is 3.33. The van der Waals surface area contributed by atoms with Crippen LogP contribution in [0, 0.1) is 143 Å². The molecule has 1 rings (SSSR count). The molecule has 0 spiro atoms. The van der Waals surface area contributed by atoms with Gasteiger partial charge in [0.1, 0.15) is 30.5 Å². The van der Waals surface area contributed by atoms with Crippen LogP contribution in [0.25, 0.3) is 0 Å². The molecular weight excluding hydrogens is 845 g/mol. The third-order valence-corrected chi connectivity index (χ3v) is 9.80. The Morgan fingerprint density at radius 2 is 1.06 bits per heavy atom. The van der Waals surface area contributed by atoms with E-state index >= 15 is 0 Å². The number of terminal acetylenes is 1. The molecule has 0 aromatic heterocycles. The van der Waals surface area contributed by atoms with E-state index in [-0.39, 0.29) is 19.4 Å². The fourth-order valence-electron chi connectivity index (χ4n) is 6.21. The Kier molecular flexibility index (Phi) is 37.3. The number of carbonyl (C=O) groups is 1. The summed E-state index contributed by atoms with van der Waals surface area (Å²) in [6.07, 6.45) is 12.5. The van der Waals surface area contributed by atoms with Gasteiger partial charge in [-0.2, -0.15) is 0 Å². The maximum atomic E-state index is 13.0. The molecule has 11 nitrogen and oxygen atoms in total. The lowest BCUT2D eigenvalue weighted by atomic mass is 9.98. The van der Waals surface area contributed by atoms with Crippen molar-refractivity contribution >= 4 is 5.91 Å². The number of ether oxygens (including phenoxy) is 3. The number of aliphatic hydroxyl groups is 5. The lowest BCUT2D eigenvalue weighted by Gasteiger charge is -2.40. The second-order valence-corrected chi connectivity index (χ2v) is 15.2. The zero-order valence-electron chi connectivity index (χ0n) is 38.7. The molecule has 8 atom stereocenters. The minimum Gasteiger partial charge on any atom is -0.390 e. The van der Waals surface area contributed by atoms with Crippen LogP contribution in [-0.2, 0) is 19.0 Å².